The average molecular weight is 393 g/mol. The third-order valence-corrected chi connectivity index (χ3v) is 5.85. The van der Waals surface area contributed by atoms with Crippen molar-refractivity contribution in [3.8, 4) is 10.8 Å². The second-order valence-corrected chi connectivity index (χ2v) is 8.07. The molecule has 0 aromatic carbocycles. The van der Waals surface area contributed by atoms with Crippen LogP contribution in [0.5, 0.6) is 0 Å². The van der Waals surface area contributed by atoms with Crippen molar-refractivity contribution in [3.63, 3.8) is 0 Å². The second kappa shape index (κ2) is 9.96. The highest BCUT2D eigenvalue weighted by Crippen LogP contribution is 2.24. The van der Waals surface area contributed by atoms with Crippen molar-refractivity contribution in [2.24, 2.45) is 5.92 Å². The minimum atomic E-state index is 0.0443. The molecule has 0 bridgehead atoms. The van der Waals surface area contributed by atoms with E-state index in [9.17, 15) is 4.79 Å². The molecule has 0 spiro atoms. The zero-order chi connectivity index (χ0) is 19.1. The van der Waals surface area contributed by atoms with E-state index in [0.717, 1.165) is 11.3 Å². The molecule has 2 heterocycles. The van der Waals surface area contributed by atoms with Crippen LogP contribution in [0.15, 0.2) is 21.9 Å². The van der Waals surface area contributed by atoms with Crippen LogP contribution in [0.2, 0.25) is 0 Å². The van der Waals surface area contributed by atoms with Crippen molar-refractivity contribution >= 4 is 17.2 Å². The molecule has 1 N–H and O–H groups in total. The van der Waals surface area contributed by atoms with Crippen molar-refractivity contribution in [1.82, 2.24) is 20.4 Å². The van der Waals surface area contributed by atoms with Crippen molar-refractivity contribution < 1.29 is 13.9 Å². The smallest absolute Gasteiger partial charge is 0.257 e. The van der Waals surface area contributed by atoms with Crippen molar-refractivity contribution in [1.29, 1.82) is 0 Å². The minimum absolute atomic E-state index is 0.0443. The number of aromatic nitrogens is 2. The van der Waals surface area contributed by atoms with Gasteiger partial charge in [-0.05, 0) is 30.2 Å². The van der Waals surface area contributed by atoms with E-state index in [1.807, 2.05) is 22.4 Å². The summed E-state index contributed by atoms with van der Waals surface area (Å²) in [5.74, 6) is 1.61. The first-order valence-corrected chi connectivity index (χ1v) is 10.4. The molecule has 0 aliphatic heterocycles. The van der Waals surface area contributed by atoms with Crippen LogP contribution in [0.25, 0.3) is 10.8 Å². The summed E-state index contributed by atoms with van der Waals surface area (Å²) >= 11 is 1.56. The van der Waals surface area contributed by atoms with Crippen LogP contribution in [-0.4, -0.2) is 53.9 Å². The number of rotatable bonds is 9. The van der Waals surface area contributed by atoms with Crippen LogP contribution < -0.4 is 5.32 Å². The molecule has 148 valence electrons. The lowest BCUT2D eigenvalue weighted by molar-refractivity contribution is -0.123. The number of amides is 1. The molecule has 2 aromatic heterocycles. The number of nitrogens with zero attached hydrogens (tertiary/aromatic N) is 3. The van der Waals surface area contributed by atoms with Crippen LogP contribution in [0.1, 0.15) is 38.5 Å². The largest absolute Gasteiger partial charge is 0.419 e. The molecule has 0 saturated heterocycles. The average Bonchev–Trinajstić information content (AvgIpc) is 3.33. The van der Waals surface area contributed by atoms with Gasteiger partial charge in [-0.15, -0.1) is 21.5 Å². The third kappa shape index (κ3) is 5.85. The number of nitrogens with one attached hydrogen (secondary N) is 1. The predicted octanol–water partition coefficient (Wildman–Crippen LogP) is 2.94. The Balaban J connectivity index is 1.57. The Kier molecular flexibility index (Phi) is 7.37. The monoisotopic (exact) mass is 392 g/mol. The summed E-state index contributed by atoms with van der Waals surface area (Å²) in [6, 6.07) is 4.18. The first-order valence-electron chi connectivity index (χ1n) is 9.52. The van der Waals surface area contributed by atoms with Crippen molar-refractivity contribution in [3.05, 3.63) is 23.4 Å². The molecule has 3 rings (SSSR count). The van der Waals surface area contributed by atoms with Gasteiger partial charge in [-0.1, -0.05) is 25.8 Å². The number of ether oxygens (including phenoxy) is 1. The fourth-order valence-corrected chi connectivity index (χ4v) is 4.07. The lowest BCUT2D eigenvalue weighted by atomic mass is 9.86. The summed E-state index contributed by atoms with van der Waals surface area (Å²) in [6.45, 7) is 4.11. The molecule has 7 nitrogen and oxygen atoms in total. The van der Waals surface area contributed by atoms with E-state index >= 15 is 0 Å². The van der Waals surface area contributed by atoms with E-state index in [0.29, 0.717) is 43.9 Å². The van der Waals surface area contributed by atoms with E-state index in [2.05, 4.69) is 22.4 Å². The minimum Gasteiger partial charge on any atom is -0.419 e. The Morgan fingerprint density at radius 2 is 2.26 bits per heavy atom. The molecule has 1 saturated carbocycles. The number of thiophene rings is 1. The van der Waals surface area contributed by atoms with E-state index in [4.69, 9.17) is 9.15 Å². The van der Waals surface area contributed by atoms with E-state index < -0.39 is 0 Å². The number of methoxy groups -OCH3 is 1. The molecule has 27 heavy (non-hydrogen) atoms. The van der Waals surface area contributed by atoms with Gasteiger partial charge < -0.3 is 14.5 Å². The highest BCUT2D eigenvalue weighted by molar-refractivity contribution is 7.13. The second-order valence-electron chi connectivity index (χ2n) is 7.12. The van der Waals surface area contributed by atoms with Crippen LogP contribution >= 0.6 is 11.3 Å². The molecule has 2 atom stereocenters. The zero-order valence-corrected chi connectivity index (χ0v) is 16.8. The topological polar surface area (TPSA) is 80.5 Å². The van der Waals surface area contributed by atoms with Crippen LogP contribution in [-0.2, 0) is 16.1 Å². The van der Waals surface area contributed by atoms with Crippen LogP contribution in [0, 0.1) is 5.92 Å². The zero-order valence-electron chi connectivity index (χ0n) is 16.0. The Morgan fingerprint density at radius 1 is 1.41 bits per heavy atom. The first-order chi connectivity index (χ1) is 13.2. The predicted molar refractivity (Wildman–Crippen MR) is 104 cm³/mol. The van der Waals surface area contributed by atoms with Crippen molar-refractivity contribution in [2.45, 2.75) is 45.2 Å². The molecule has 8 heteroatoms. The number of hydrogen-bond acceptors (Lipinski definition) is 7. The molecule has 0 radical (unpaired) electrons. The van der Waals surface area contributed by atoms with Gasteiger partial charge in [0, 0.05) is 19.7 Å². The van der Waals surface area contributed by atoms with Gasteiger partial charge in [-0.3, -0.25) is 9.69 Å². The summed E-state index contributed by atoms with van der Waals surface area (Å²) in [5.41, 5.74) is 0. The fraction of sp³-hybridized carbons (Fsp3) is 0.632. The summed E-state index contributed by atoms with van der Waals surface area (Å²) in [4.78, 5) is 15.5. The first kappa shape index (κ1) is 20.0. The molecule has 1 aliphatic rings. The standard InChI is InChI=1S/C19H28N4O3S/c1-14-6-3-4-7-15(14)20-17(24)12-23(9-10-25-2)13-18-21-22-19(26-18)16-8-5-11-27-16/h5,8,11,14-15H,3-4,6-7,9-10,12-13H2,1-2H3,(H,20,24)/t14-,15+/m0/s1. The van der Waals surface area contributed by atoms with Gasteiger partial charge in [-0.2, -0.15) is 0 Å². The maximum absolute atomic E-state index is 12.6. The molecular formula is C19H28N4O3S. The van der Waals surface area contributed by atoms with Gasteiger partial charge in [0.2, 0.25) is 11.8 Å². The van der Waals surface area contributed by atoms with Gasteiger partial charge >= 0.3 is 0 Å². The summed E-state index contributed by atoms with van der Waals surface area (Å²) in [7, 11) is 1.66. The summed E-state index contributed by atoms with van der Waals surface area (Å²) in [5, 5.41) is 13.4. The summed E-state index contributed by atoms with van der Waals surface area (Å²) < 4.78 is 10.9. The highest BCUT2D eigenvalue weighted by atomic mass is 32.1. The summed E-state index contributed by atoms with van der Waals surface area (Å²) in [6.07, 6.45) is 4.71. The SMILES string of the molecule is COCCN(CC(=O)N[C@@H]1CCCC[C@@H]1C)Cc1nnc(-c2cccs2)o1. The molecule has 1 fully saturated rings. The highest BCUT2D eigenvalue weighted by Gasteiger charge is 2.24. The van der Waals surface area contributed by atoms with Gasteiger partial charge in [0.1, 0.15) is 0 Å². The molecule has 2 aromatic rings. The van der Waals surface area contributed by atoms with Gasteiger partial charge in [0.05, 0.1) is 24.6 Å². The Labute approximate surface area is 164 Å². The fourth-order valence-electron chi connectivity index (χ4n) is 3.43. The van der Waals surface area contributed by atoms with Gasteiger partial charge in [0.15, 0.2) is 0 Å². The van der Waals surface area contributed by atoms with E-state index in [-0.39, 0.29) is 11.9 Å². The Hall–Kier alpha value is -1.77. The van der Waals surface area contributed by atoms with Gasteiger partial charge in [-0.25, -0.2) is 0 Å². The Morgan fingerprint density at radius 3 is 3.00 bits per heavy atom. The van der Waals surface area contributed by atoms with Crippen LogP contribution in [0.3, 0.4) is 0 Å². The molecular weight excluding hydrogens is 364 g/mol. The van der Waals surface area contributed by atoms with Crippen LogP contribution in [0.4, 0.5) is 0 Å². The number of carbonyl (C=O) groups excluding carboxylic acids is 1. The molecule has 1 aliphatic carbocycles. The maximum atomic E-state index is 12.6. The lowest BCUT2D eigenvalue weighted by Crippen LogP contribution is -2.46. The van der Waals surface area contributed by atoms with Gasteiger partial charge in [0.25, 0.3) is 5.89 Å². The molecule has 1 amide bonds. The van der Waals surface area contributed by atoms with Crippen molar-refractivity contribution in [2.75, 3.05) is 26.8 Å². The quantitative estimate of drug-likeness (QED) is 0.707. The van der Waals surface area contributed by atoms with E-state index in [1.54, 1.807) is 18.4 Å². The number of hydrogen-bond donors (Lipinski definition) is 1. The molecule has 0 unspecified atom stereocenters. The van der Waals surface area contributed by atoms with E-state index in [1.165, 1.54) is 19.3 Å². The normalized spacial score (nSPS) is 20.1. The maximum Gasteiger partial charge on any atom is 0.257 e. The third-order valence-electron chi connectivity index (χ3n) is 4.99. The number of carbonyl (C=O) groups is 1. The lowest BCUT2D eigenvalue weighted by Gasteiger charge is -2.30. The Bertz CT molecular complexity index is 704.